The quantitative estimate of drug-likeness (QED) is 0.491. The predicted octanol–water partition coefficient (Wildman–Crippen LogP) is 4.51. The van der Waals surface area contributed by atoms with Crippen LogP contribution < -0.4 is 10.2 Å². The van der Waals surface area contributed by atoms with Crippen LogP contribution in [0.5, 0.6) is 11.5 Å². The van der Waals surface area contributed by atoms with Crippen molar-refractivity contribution in [1.29, 1.82) is 0 Å². The molecule has 3 aromatic rings. The van der Waals surface area contributed by atoms with Gasteiger partial charge in [-0.25, -0.2) is 5.43 Å². The van der Waals surface area contributed by atoms with E-state index in [0.717, 1.165) is 21.9 Å². The Hall–Kier alpha value is -3.34. The lowest BCUT2D eigenvalue weighted by Gasteiger charge is -2.14. The molecule has 0 radical (unpaired) electrons. The number of phenolic OH excluding ortho intramolecular Hbond substituents is 1. The molecule has 0 spiro atoms. The molecule has 3 rings (SSSR count). The van der Waals surface area contributed by atoms with Gasteiger partial charge in [-0.15, -0.1) is 0 Å². The molecule has 0 aromatic heterocycles. The number of nitrogens with zero attached hydrogens (tertiary/aromatic N) is 1. The average molecular weight is 376 g/mol. The van der Waals surface area contributed by atoms with E-state index in [0.29, 0.717) is 17.2 Å². The summed E-state index contributed by atoms with van der Waals surface area (Å²) in [5.41, 5.74) is 5.09. The number of fused-ring (bicyclic) bond motifs is 1. The Balaban J connectivity index is 1.62. The fraction of sp³-hybridized carbons (Fsp3) is 0.217. The minimum absolute atomic E-state index is 0.133. The number of amides is 1. The van der Waals surface area contributed by atoms with Crippen LogP contribution in [0.1, 0.15) is 36.5 Å². The highest BCUT2D eigenvalue weighted by atomic mass is 16.5. The van der Waals surface area contributed by atoms with E-state index in [9.17, 15) is 9.90 Å². The zero-order chi connectivity index (χ0) is 20.1. The Morgan fingerprint density at radius 2 is 1.96 bits per heavy atom. The zero-order valence-electron chi connectivity index (χ0n) is 16.3. The fourth-order valence-corrected chi connectivity index (χ4v) is 2.97. The molecular formula is C23H24N2O3. The van der Waals surface area contributed by atoms with E-state index < -0.39 is 0 Å². The molecule has 5 heteroatoms. The molecule has 0 fully saturated rings. The van der Waals surface area contributed by atoms with Gasteiger partial charge in [0.2, 0.25) is 0 Å². The summed E-state index contributed by atoms with van der Waals surface area (Å²) >= 11 is 0. The normalized spacial score (nSPS) is 11.3. The summed E-state index contributed by atoms with van der Waals surface area (Å²) in [5.74, 6) is 0.773. The molecule has 0 aliphatic rings. The lowest BCUT2D eigenvalue weighted by atomic mass is 10.0. The maximum Gasteiger partial charge on any atom is 0.277 e. The van der Waals surface area contributed by atoms with Crippen molar-refractivity contribution in [3.63, 3.8) is 0 Å². The number of hydrazone groups is 1. The minimum atomic E-state index is -0.368. The molecule has 0 atom stereocenters. The van der Waals surface area contributed by atoms with E-state index in [4.69, 9.17) is 4.74 Å². The number of benzene rings is 3. The first kappa shape index (κ1) is 19.4. The summed E-state index contributed by atoms with van der Waals surface area (Å²) in [5, 5.41) is 16.0. The van der Waals surface area contributed by atoms with E-state index in [-0.39, 0.29) is 18.3 Å². The van der Waals surface area contributed by atoms with Gasteiger partial charge in [-0.05, 0) is 41.5 Å². The average Bonchev–Trinajstić information content (AvgIpc) is 2.68. The largest absolute Gasteiger partial charge is 0.507 e. The molecule has 0 saturated carbocycles. The molecule has 0 aliphatic heterocycles. The van der Waals surface area contributed by atoms with Crippen molar-refractivity contribution in [2.24, 2.45) is 5.10 Å². The van der Waals surface area contributed by atoms with E-state index in [1.165, 1.54) is 6.21 Å². The number of carbonyl (C=O) groups is 1. The first-order valence-electron chi connectivity index (χ1n) is 9.21. The molecule has 1 amide bonds. The molecular weight excluding hydrogens is 352 g/mol. The first-order valence-corrected chi connectivity index (χ1v) is 9.21. The summed E-state index contributed by atoms with van der Waals surface area (Å²) in [6, 6.07) is 17.2. The molecule has 5 nitrogen and oxygen atoms in total. The lowest BCUT2D eigenvalue weighted by molar-refractivity contribution is -0.123. The van der Waals surface area contributed by atoms with Crippen LogP contribution in [0.4, 0.5) is 0 Å². The van der Waals surface area contributed by atoms with Crippen LogP contribution in [0.2, 0.25) is 0 Å². The molecule has 0 aliphatic carbocycles. The third kappa shape index (κ3) is 4.49. The maximum atomic E-state index is 12.1. The predicted molar refractivity (Wildman–Crippen MR) is 112 cm³/mol. The molecule has 0 saturated heterocycles. The van der Waals surface area contributed by atoms with Crippen LogP contribution in [0.25, 0.3) is 10.8 Å². The number of rotatable bonds is 6. The second kappa shape index (κ2) is 8.57. The highest BCUT2D eigenvalue weighted by Gasteiger charge is 2.10. The van der Waals surface area contributed by atoms with Gasteiger partial charge in [0, 0.05) is 10.9 Å². The number of aryl methyl sites for hydroxylation is 1. The lowest BCUT2D eigenvalue weighted by Crippen LogP contribution is -2.25. The first-order chi connectivity index (χ1) is 13.5. The van der Waals surface area contributed by atoms with E-state index >= 15 is 0 Å². The van der Waals surface area contributed by atoms with Crippen LogP contribution >= 0.6 is 0 Å². The van der Waals surface area contributed by atoms with Gasteiger partial charge in [-0.2, -0.15) is 5.10 Å². The summed E-state index contributed by atoms with van der Waals surface area (Å²) in [6.45, 7) is 6.01. The van der Waals surface area contributed by atoms with Crippen molar-refractivity contribution in [3.8, 4) is 11.5 Å². The molecule has 0 unspecified atom stereocenters. The zero-order valence-corrected chi connectivity index (χ0v) is 16.3. The van der Waals surface area contributed by atoms with Gasteiger partial charge in [-0.1, -0.05) is 56.3 Å². The Labute approximate surface area is 164 Å². The van der Waals surface area contributed by atoms with E-state index in [1.54, 1.807) is 6.07 Å². The van der Waals surface area contributed by atoms with E-state index in [1.807, 2.05) is 55.5 Å². The van der Waals surface area contributed by atoms with E-state index in [2.05, 4.69) is 24.4 Å². The van der Waals surface area contributed by atoms with Gasteiger partial charge in [0.15, 0.2) is 6.61 Å². The van der Waals surface area contributed by atoms with Gasteiger partial charge in [0.25, 0.3) is 5.91 Å². The molecule has 3 aromatic carbocycles. The summed E-state index contributed by atoms with van der Waals surface area (Å²) in [6.07, 6.45) is 1.42. The number of nitrogens with one attached hydrogen (secondary N) is 1. The van der Waals surface area contributed by atoms with Crippen LogP contribution in [-0.2, 0) is 4.79 Å². The van der Waals surface area contributed by atoms with Crippen molar-refractivity contribution in [3.05, 3.63) is 71.3 Å². The Morgan fingerprint density at radius 3 is 2.75 bits per heavy atom. The fourth-order valence-electron chi connectivity index (χ4n) is 2.97. The SMILES string of the molecule is Cc1ccc(C(C)C)c(OCC(=O)N/N=C/c2ccc3ccccc3c2O)c1. The van der Waals surface area contributed by atoms with Crippen LogP contribution in [0.15, 0.2) is 59.7 Å². The van der Waals surface area contributed by atoms with Crippen LogP contribution in [-0.4, -0.2) is 23.8 Å². The molecule has 0 bridgehead atoms. The van der Waals surface area contributed by atoms with Gasteiger partial charge < -0.3 is 9.84 Å². The highest BCUT2D eigenvalue weighted by Crippen LogP contribution is 2.28. The number of aromatic hydroxyl groups is 1. The number of hydrogen-bond acceptors (Lipinski definition) is 4. The van der Waals surface area contributed by atoms with Gasteiger partial charge in [0.05, 0.1) is 6.21 Å². The summed E-state index contributed by atoms with van der Waals surface area (Å²) in [7, 11) is 0. The molecule has 28 heavy (non-hydrogen) atoms. The van der Waals surface area contributed by atoms with Crippen molar-refractivity contribution in [2.75, 3.05) is 6.61 Å². The van der Waals surface area contributed by atoms with Crippen molar-refractivity contribution in [2.45, 2.75) is 26.7 Å². The molecule has 0 heterocycles. The second-order valence-corrected chi connectivity index (χ2v) is 7.00. The van der Waals surface area contributed by atoms with Crippen molar-refractivity contribution >= 4 is 22.9 Å². The number of carbonyl (C=O) groups excluding carboxylic acids is 1. The van der Waals surface area contributed by atoms with Gasteiger partial charge in [-0.3, -0.25) is 4.79 Å². The number of ether oxygens (including phenoxy) is 1. The van der Waals surface area contributed by atoms with Gasteiger partial charge >= 0.3 is 0 Å². The third-order valence-electron chi connectivity index (χ3n) is 4.47. The summed E-state index contributed by atoms with van der Waals surface area (Å²) < 4.78 is 5.69. The van der Waals surface area contributed by atoms with Crippen LogP contribution in [0.3, 0.4) is 0 Å². The standard InChI is InChI=1S/C23H24N2O3/c1-15(2)19-11-8-16(3)12-21(19)28-14-22(26)25-24-13-18-10-9-17-6-4-5-7-20(17)23(18)27/h4-13,15,27H,14H2,1-3H3,(H,25,26)/b24-13+. The van der Waals surface area contributed by atoms with Crippen molar-refractivity contribution in [1.82, 2.24) is 5.43 Å². The Morgan fingerprint density at radius 1 is 1.18 bits per heavy atom. The maximum absolute atomic E-state index is 12.1. The van der Waals surface area contributed by atoms with Crippen LogP contribution in [0, 0.1) is 6.92 Å². The Bertz CT molecular complexity index is 1030. The minimum Gasteiger partial charge on any atom is -0.507 e. The molecule has 2 N–H and O–H groups in total. The third-order valence-corrected chi connectivity index (χ3v) is 4.47. The number of hydrogen-bond donors (Lipinski definition) is 2. The topological polar surface area (TPSA) is 70.9 Å². The second-order valence-electron chi connectivity index (χ2n) is 7.00. The monoisotopic (exact) mass is 376 g/mol. The number of phenols is 1. The highest BCUT2D eigenvalue weighted by molar-refractivity contribution is 5.97. The van der Waals surface area contributed by atoms with Gasteiger partial charge in [0.1, 0.15) is 11.5 Å². The summed E-state index contributed by atoms with van der Waals surface area (Å²) in [4.78, 5) is 12.1. The smallest absolute Gasteiger partial charge is 0.277 e. The van der Waals surface area contributed by atoms with Crippen molar-refractivity contribution < 1.29 is 14.6 Å². The Kier molecular flexibility index (Phi) is 5.94. The molecule has 144 valence electrons.